The lowest BCUT2D eigenvalue weighted by Gasteiger charge is -2.44. The van der Waals surface area contributed by atoms with E-state index in [1.165, 1.54) is 4.57 Å². The molecule has 3 amide bonds. The van der Waals surface area contributed by atoms with Crippen LogP contribution in [0.15, 0.2) is 59.8 Å². The molecule has 344 valence electrons. The number of ether oxygens (including phenoxy) is 1. The van der Waals surface area contributed by atoms with E-state index in [-0.39, 0.29) is 35.5 Å². The van der Waals surface area contributed by atoms with E-state index >= 15 is 8.78 Å². The molecule has 1 atom stereocenters. The van der Waals surface area contributed by atoms with Crippen LogP contribution in [0.4, 0.5) is 26.0 Å². The molecule has 4 aromatic heterocycles. The number of halogens is 2. The summed E-state index contributed by atoms with van der Waals surface area (Å²) < 4.78 is 43.2. The van der Waals surface area contributed by atoms with Gasteiger partial charge < -0.3 is 28.7 Å². The van der Waals surface area contributed by atoms with Crippen molar-refractivity contribution in [2.45, 2.75) is 76.9 Å². The van der Waals surface area contributed by atoms with E-state index in [4.69, 9.17) is 9.84 Å². The number of amides is 3. The Bertz CT molecular complexity index is 2990. The van der Waals surface area contributed by atoms with Gasteiger partial charge in [-0.15, -0.1) is 0 Å². The molecule has 0 radical (unpaired) electrons. The highest BCUT2D eigenvalue weighted by molar-refractivity contribution is 6.00. The van der Waals surface area contributed by atoms with Crippen molar-refractivity contribution < 1.29 is 27.9 Å². The van der Waals surface area contributed by atoms with Crippen molar-refractivity contribution in [1.82, 2.24) is 43.4 Å². The number of para-hydroxylation sites is 1. The monoisotopic (exact) mass is 901 g/mol. The molecule has 66 heavy (non-hydrogen) atoms. The number of hydrogen-bond donors (Lipinski definition) is 1. The van der Waals surface area contributed by atoms with Gasteiger partial charge in [-0.1, -0.05) is 6.07 Å². The lowest BCUT2D eigenvalue weighted by molar-refractivity contribution is -0.135. The summed E-state index contributed by atoms with van der Waals surface area (Å²) >= 11 is 0. The van der Waals surface area contributed by atoms with Gasteiger partial charge >= 0.3 is 5.69 Å². The van der Waals surface area contributed by atoms with Crippen LogP contribution in [0.2, 0.25) is 0 Å². The maximum atomic E-state index is 15.2. The number of carbonyl (C=O) groups is 3. The Balaban J connectivity index is 0.818. The fraction of sp³-hybridized carbons (Fsp3) is 0.458. The Morgan fingerprint density at radius 2 is 1.79 bits per heavy atom. The molecule has 0 spiro atoms. The smallest absolute Gasteiger partial charge is 0.329 e. The summed E-state index contributed by atoms with van der Waals surface area (Å²) in [5.41, 5.74) is 7.53. The van der Waals surface area contributed by atoms with Crippen LogP contribution >= 0.6 is 0 Å². The van der Waals surface area contributed by atoms with Gasteiger partial charge in [0.1, 0.15) is 17.4 Å². The molecule has 5 aliphatic rings. The number of nitrogens with one attached hydrogen (secondary N) is 1. The number of aromatic nitrogens is 6. The van der Waals surface area contributed by atoms with Gasteiger partial charge in [0.15, 0.2) is 5.82 Å². The fourth-order valence-electron chi connectivity index (χ4n) is 11.3. The van der Waals surface area contributed by atoms with Crippen LogP contribution in [0.1, 0.15) is 79.9 Å². The van der Waals surface area contributed by atoms with Crippen LogP contribution in [0.25, 0.3) is 27.8 Å². The van der Waals surface area contributed by atoms with E-state index in [0.717, 1.165) is 97.9 Å². The van der Waals surface area contributed by atoms with Gasteiger partial charge in [-0.2, -0.15) is 5.10 Å². The van der Waals surface area contributed by atoms with Crippen LogP contribution in [0.3, 0.4) is 0 Å². The first-order valence-electron chi connectivity index (χ1n) is 23.1. The summed E-state index contributed by atoms with van der Waals surface area (Å²) in [4.78, 5) is 64.1. The number of alkyl halides is 2. The van der Waals surface area contributed by atoms with E-state index < -0.39 is 18.4 Å². The molecule has 1 unspecified atom stereocenters. The molecule has 18 heteroatoms. The number of piperidine rings is 2. The summed E-state index contributed by atoms with van der Waals surface area (Å²) in [5, 5.41) is 7.76. The number of pyridine rings is 1. The van der Waals surface area contributed by atoms with Gasteiger partial charge in [0.2, 0.25) is 17.7 Å². The average molecular weight is 902 g/mol. The Labute approximate surface area is 379 Å². The number of aryl methyl sites for hydroxylation is 2. The molecule has 1 N–H and O–H groups in total. The number of anilines is 3. The molecule has 3 fully saturated rings. The second-order valence-corrected chi connectivity index (χ2v) is 18.6. The lowest BCUT2D eigenvalue weighted by Crippen LogP contribution is -2.52. The molecule has 6 aromatic rings. The number of carbonyl (C=O) groups excluding carboxylic acids is 3. The predicted octanol–water partition coefficient (Wildman–Crippen LogP) is 5.54. The highest BCUT2D eigenvalue weighted by Crippen LogP contribution is 2.46. The quantitative estimate of drug-likeness (QED) is 0.184. The first-order valence-corrected chi connectivity index (χ1v) is 23.1. The molecule has 16 nitrogen and oxygen atoms in total. The molecular formula is C48H53F2N11O5. The predicted molar refractivity (Wildman–Crippen MR) is 243 cm³/mol. The Morgan fingerprint density at radius 1 is 0.970 bits per heavy atom. The minimum atomic E-state index is -2.74. The second-order valence-electron chi connectivity index (χ2n) is 18.6. The van der Waals surface area contributed by atoms with E-state index in [1.54, 1.807) is 56.4 Å². The van der Waals surface area contributed by atoms with E-state index in [2.05, 4.69) is 29.7 Å². The van der Waals surface area contributed by atoms with Gasteiger partial charge in [0.05, 0.1) is 42.6 Å². The Morgan fingerprint density at radius 3 is 2.55 bits per heavy atom. The number of imide groups is 1. The zero-order chi connectivity index (χ0) is 45.5. The largest absolute Gasteiger partial charge is 0.495 e. The third-order valence-corrected chi connectivity index (χ3v) is 14.7. The van der Waals surface area contributed by atoms with Crippen LogP contribution in [0, 0.1) is 5.92 Å². The highest BCUT2D eigenvalue weighted by Gasteiger charge is 2.38. The number of benzene rings is 2. The van der Waals surface area contributed by atoms with E-state index in [0.29, 0.717) is 66.4 Å². The number of hydrogen-bond acceptors (Lipinski definition) is 10. The van der Waals surface area contributed by atoms with E-state index in [1.807, 2.05) is 33.6 Å². The van der Waals surface area contributed by atoms with Crippen molar-refractivity contribution in [2.75, 3.05) is 62.7 Å². The summed E-state index contributed by atoms with van der Waals surface area (Å²) in [6, 6.07) is 10.6. The molecule has 3 saturated heterocycles. The number of nitrogens with zero attached hydrogens (tertiary/aromatic N) is 10. The van der Waals surface area contributed by atoms with Crippen LogP contribution < -0.4 is 25.5 Å². The maximum absolute atomic E-state index is 15.2. The van der Waals surface area contributed by atoms with Gasteiger partial charge in [-0.25, -0.2) is 18.6 Å². The van der Waals surface area contributed by atoms with E-state index in [9.17, 15) is 19.2 Å². The minimum absolute atomic E-state index is 0.000593. The van der Waals surface area contributed by atoms with Gasteiger partial charge in [-0.3, -0.25) is 33.5 Å². The van der Waals surface area contributed by atoms with Crippen molar-refractivity contribution in [3.8, 4) is 16.9 Å². The zero-order valence-corrected chi connectivity index (χ0v) is 37.4. The number of rotatable bonds is 9. The van der Waals surface area contributed by atoms with Crippen molar-refractivity contribution in [2.24, 2.45) is 13.0 Å². The van der Waals surface area contributed by atoms with Crippen molar-refractivity contribution >= 4 is 51.6 Å². The minimum Gasteiger partial charge on any atom is -0.495 e. The first kappa shape index (κ1) is 42.1. The standard InChI is InChI=1S/C48H53F2N11O5/c1-28(62)56-18-13-36-35(26-56)46(59-15-5-6-30-20-32(34(45(49)50)21-40(30)59)33-22-42-51-14-19-57(42)27-41(33)66-3)53-61(36)31-11-16-55(17-12-31)23-29-24-58(25-29)37-7-4-8-38-44(37)54(2)48(65)60(38)39-9-10-43(63)52-47(39)64/h4,7-8,14,19-22,27,29,31,39,45H,5-6,9-13,15-18,23-26H2,1-3H3,(H,52,63,64). The number of likely N-dealkylation sites (tertiary alicyclic amines) is 1. The van der Waals surface area contributed by atoms with Gasteiger partial charge in [0, 0.05) is 119 Å². The lowest BCUT2D eigenvalue weighted by atomic mass is 9.91. The van der Waals surface area contributed by atoms with Crippen LogP contribution in [0.5, 0.6) is 5.75 Å². The summed E-state index contributed by atoms with van der Waals surface area (Å²) in [6.45, 7) is 7.70. The Kier molecular flexibility index (Phi) is 10.5. The number of methoxy groups -OCH3 is 1. The SMILES string of the molecule is COc1cn2ccnc2cc1-c1cc2c(cc1C(F)F)N(c1nn(C3CCN(CC4CN(c5cccc6c5n(C)c(=O)n6C5CCC(=O)NC5=O)C4)CC3)c3c1CN(C(C)=O)CC3)CCC2. The number of imidazole rings is 2. The van der Waals surface area contributed by atoms with Crippen molar-refractivity contribution in [3.05, 3.63) is 87.9 Å². The summed E-state index contributed by atoms with van der Waals surface area (Å²) in [7, 11) is 3.28. The highest BCUT2D eigenvalue weighted by atomic mass is 19.3. The molecule has 11 rings (SSSR count). The first-order chi connectivity index (χ1) is 31.9. The average Bonchev–Trinajstić information content (AvgIpc) is 4.00. The number of fused-ring (bicyclic) bond motifs is 4. The third-order valence-electron chi connectivity index (χ3n) is 14.7. The van der Waals surface area contributed by atoms with Crippen molar-refractivity contribution in [1.29, 1.82) is 0 Å². The molecule has 5 aliphatic heterocycles. The zero-order valence-electron chi connectivity index (χ0n) is 37.4. The van der Waals surface area contributed by atoms with Gasteiger partial charge in [0.25, 0.3) is 6.43 Å². The van der Waals surface area contributed by atoms with Gasteiger partial charge in [-0.05, 0) is 73.6 Å². The summed E-state index contributed by atoms with van der Waals surface area (Å²) in [6.07, 6.45) is 7.01. The third kappa shape index (κ3) is 7.02. The molecule has 0 bridgehead atoms. The Hall–Kier alpha value is -6.56. The molecule has 0 aliphatic carbocycles. The van der Waals surface area contributed by atoms with Crippen molar-refractivity contribution in [3.63, 3.8) is 0 Å². The molecular weight excluding hydrogens is 849 g/mol. The topological polar surface area (TPSA) is 147 Å². The molecule has 9 heterocycles. The van der Waals surface area contributed by atoms with Crippen LogP contribution in [-0.2, 0) is 40.8 Å². The maximum Gasteiger partial charge on any atom is 0.329 e. The normalized spacial score (nSPS) is 19.7. The molecule has 0 saturated carbocycles. The molecule has 2 aromatic carbocycles. The second kappa shape index (κ2) is 16.4. The fourth-order valence-corrected chi connectivity index (χ4v) is 11.3. The summed E-state index contributed by atoms with van der Waals surface area (Å²) in [5.74, 6) is 0.919. The van der Waals surface area contributed by atoms with Crippen LogP contribution in [-0.4, -0.2) is 109 Å².